The van der Waals surface area contributed by atoms with Crippen molar-refractivity contribution >= 4 is 13.7 Å². The van der Waals surface area contributed by atoms with Crippen LogP contribution in [0.15, 0.2) is 0 Å². The van der Waals surface area contributed by atoms with E-state index in [1.165, 1.54) is 83.5 Å². The minimum absolute atomic E-state index is 0.201. The second-order valence-electron chi connectivity index (χ2n) is 10.1. The third-order valence-corrected chi connectivity index (χ3v) is 7.08. The molecule has 4 N–H and O–H groups in total. The van der Waals surface area contributed by atoms with E-state index in [2.05, 4.69) is 23.7 Å². The van der Waals surface area contributed by atoms with Crippen LogP contribution in [0.5, 0.6) is 0 Å². The summed E-state index contributed by atoms with van der Waals surface area (Å²) in [6.45, 7) is 4.04. The van der Waals surface area contributed by atoms with Gasteiger partial charge in [-0.05, 0) is 12.8 Å². The number of phosphoric ester groups is 1. The standard InChI is InChI=1S/C27H56NO6P/c1-3-5-7-9-11-13-14-15-16-18-20-22-26(29)25(24-34-35(31,32)33)28-27(30)23-21-19-17-12-10-8-6-4-2/h25-26,29H,3-24H2,1-2H3,(H,28,30)(H2,31,32,33)/t25-,26+/m0/s1. The summed E-state index contributed by atoms with van der Waals surface area (Å²) in [5.41, 5.74) is 0. The van der Waals surface area contributed by atoms with Gasteiger partial charge < -0.3 is 20.2 Å². The molecule has 8 heteroatoms. The number of nitrogens with one attached hydrogen (secondary N) is 1. The molecular formula is C27H56NO6P. The number of carbonyl (C=O) groups excluding carboxylic acids is 1. The van der Waals surface area contributed by atoms with E-state index in [4.69, 9.17) is 9.79 Å². The summed E-state index contributed by atoms with van der Waals surface area (Å²) in [6, 6.07) is -0.813. The zero-order chi connectivity index (χ0) is 26.2. The Labute approximate surface area is 215 Å². The van der Waals surface area contributed by atoms with Gasteiger partial charge in [0.15, 0.2) is 0 Å². The lowest BCUT2D eigenvalue weighted by Crippen LogP contribution is -2.46. The van der Waals surface area contributed by atoms with Crippen molar-refractivity contribution in [2.75, 3.05) is 6.61 Å². The molecule has 210 valence electrons. The topological polar surface area (TPSA) is 116 Å². The molecule has 0 aliphatic heterocycles. The Morgan fingerprint density at radius 2 is 1.11 bits per heavy atom. The van der Waals surface area contributed by atoms with Crippen molar-refractivity contribution in [2.45, 2.75) is 161 Å². The summed E-state index contributed by atoms with van der Waals surface area (Å²) < 4.78 is 15.7. The first-order chi connectivity index (χ1) is 16.8. The van der Waals surface area contributed by atoms with Gasteiger partial charge in [-0.25, -0.2) is 4.57 Å². The average Bonchev–Trinajstić information content (AvgIpc) is 2.81. The van der Waals surface area contributed by atoms with Gasteiger partial charge in [-0.15, -0.1) is 0 Å². The first-order valence-electron chi connectivity index (χ1n) is 14.5. The Bertz CT molecular complexity index is 528. The van der Waals surface area contributed by atoms with E-state index in [0.717, 1.165) is 38.5 Å². The maximum Gasteiger partial charge on any atom is 0.469 e. The number of aliphatic hydroxyl groups excluding tert-OH is 1. The molecular weight excluding hydrogens is 465 g/mol. The van der Waals surface area contributed by atoms with Crippen LogP contribution in [0.3, 0.4) is 0 Å². The Morgan fingerprint density at radius 3 is 1.54 bits per heavy atom. The van der Waals surface area contributed by atoms with Crippen LogP contribution in [0.1, 0.15) is 149 Å². The third-order valence-electron chi connectivity index (χ3n) is 6.59. The molecule has 35 heavy (non-hydrogen) atoms. The summed E-state index contributed by atoms with van der Waals surface area (Å²) in [5.74, 6) is -0.201. The molecule has 0 saturated carbocycles. The van der Waals surface area contributed by atoms with Crippen LogP contribution in [-0.4, -0.2) is 39.6 Å². The average molecular weight is 522 g/mol. The highest BCUT2D eigenvalue weighted by Crippen LogP contribution is 2.36. The van der Waals surface area contributed by atoms with E-state index in [-0.39, 0.29) is 5.91 Å². The predicted octanol–water partition coefficient (Wildman–Crippen LogP) is 7.17. The number of hydrogen-bond acceptors (Lipinski definition) is 4. The highest BCUT2D eigenvalue weighted by Gasteiger charge is 2.25. The quantitative estimate of drug-likeness (QED) is 0.0708. The van der Waals surface area contributed by atoms with Gasteiger partial charge in [0.1, 0.15) is 0 Å². The van der Waals surface area contributed by atoms with Crippen LogP contribution in [0.4, 0.5) is 0 Å². The van der Waals surface area contributed by atoms with Crippen molar-refractivity contribution < 1.29 is 28.8 Å². The summed E-state index contributed by atoms with van der Waals surface area (Å²) in [6.07, 6.45) is 22.3. The van der Waals surface area contributed by atoms with Gasteiger partial charge in [0.2, 0.25) is 5.91 Å². The molecule has 0 heterocycles. The monoisotopic (exact) mass is 521 g/mol. The van der Waals surface area contributed by atoms with E-state index in [1.54, 1.807) is 0 Å². The number of rotatable bonds is 26. The Hall–Kier alpha value is -0.460. The molecule has 0 aromatic rings. The van der Waals surface area contributed by atoms with E-state index in [9.17, 15) is 14.5 Å². The lowest BCUT2D eigenvalue weighted by molar-refractivity contribution is -0.123. The van der Waals surface area contributed by atoms with Crippen molar-refractivity contribution in [3.63, 3.8) is 0 Å². The van der Waals surface area contributed by atoms with Crippen LogP contribution in [0.2, 0.25) is 0 Å². The minimum Gasteiger partial charge on any atom is -0.391 e. The van der Waals surface area contributed by atoms with E-state index in [0.29, 0.717) is 12.8 Å². The number of hydrogen-bond donors (Lipinski definition) is 4. The lowest BCUT2D eigenvalue weighted by Gasteiger charge is -2.24. The molecule has 0 bridgehead atoms. The molecule has 7 nitrogen and oxygen atoms in total. The normalized spacial score (nSPS) is 13.6. The van der Waals surface area contributed by atoms with Crippen molar-refractivity contribution in [3.05, 3.63) is 0 Å². The molecule has 0 saturated heterocycles. The number of unbranched alkanes of at least 4 members (excludes halogenated alkanes) is 17. The van der Waals surface area contributed by atoms with Gasteiger partial charge in [0.25, 0.3) is 0 Å². The number of carbonyl (C=O) groups is 1. The molecule has 0 aromatic heterocycles. The van der Waals surface area contributed by atoms with Crippen LogP contribution in [0.25, 0.3) is 0 Å². The zero-order valence-electron chi connectivity index (χ0n) is 22.7. The van der Waals surface area contributed by atoms with Gasteiger partial charge in [0.05, 0.1) is 18.8 Å². The van der Waals surface area contributed by atoms with Gasteiger partial charge in [-0.2, -0.15) is 0 Å². The lowest BCUT2D eigenvalue weighted by atomic mass is 10.0. The molecule has 2 atom stereocenters. The third kappa shape index (κ3) is 25.0. The minimum atomic E-state index is -4.66. The van der Waals surface area contributed by atoms with Gasteiger partial charge in [0, 0.05) is 6.42 Å². The fourth-order valence-corrected chi connectivity index (χ4v) is 4.70. The van der Waals surface area contributed by atoms with E-state index >= 15 is 0 Å². The molecule has 0 spiro atoms. The van der Waals surface area contributed by atoms with Crippen molar-refractivity contribution in [3.8, 4) is 0 Å². The highest BCUT2D eigenvalue weighted by atomic mass is 31.2. The predicted molar refractivity (Wildman–Crippen MR) is 144 cm³/mol. The Kier molecular flexibility index (Phi) is 23.6. The van der Waals surface area contributed by atoms with Crippen molar-refractivity contribution in [2.24, 2.45) is 0 Å². The SMILES string of the molecule is CCCCCCCCCCCCC[C@@H](O)[C@H](COP(=O)(O)O)NC(=O)CCCCCCCCCC. The number of aliphatic hydroxyl groups is 1. The second-order valence-corrected chi connectivity index (χ2v) is 11.3. The van der Waals surface area contributed by atoms with Crippen molar-refractivity contribution in [1.82, 2.24) is 5.32 Å². The van der Waals surface area contributed by atoms with Crippen LogP contribution >= 0.6 is 7.82 Å². The molecule has 0 fully saturated rings. The van der Waals surface area contributed by atoms with Crippen LogP contribution in [0, 0.1) is 0 Å². The maximum atomic E-state index is 12.3. The summed E-state index contributed by atoms with van der Waals surface area (Å²) >= 11 is 0. The highest BCUT2D eigenvalue weighted by molar-refractivity contribution is 7.46. The molecule has 0 rings (SSSR count). The number of amides is 1. The van der Waals surface area contributed by atoms with Gasteiger partial charge in [-0.3, -0.25) is 9.32 Å². The maximum absolute atomic E-state index is 12.3. The smallest absolute Gasteiger partial charge is 0.391 e. The summed E-state index contributed by atoms with van der Waals surface area (Å²) in [5, 5.41) is 13.3. The molecule has 0 aromatic carbocycles. The van der Waals surface area contributed by atoms with Crippen LogP contribution < -0.4 is 5.32 Å². The molecule has 0 unspecified atom stereocenters. The largest absolute Gasteiger partial charge is 0.469 e. The molecule has 0 aliphatic carbocycles. The molecule has 0 radical (unpaired) electrons. The second kappa shape index (κ2) is 23.9. The first kappa shape index (κ1) is 34.5. The summed E-state index contributed by atoms with van der Waals surface area (Å²) in [7, 11) is -4.66. The zero-order valence-corrected chi connectivity index (χ0v) is 23.6. The van der Waals surface area contributed by atoms with Crippen molar-refractivity contribution in [1.29, 1.82) is 0 Å². The number of phosphoric acid groups is 1. The fraction of sp³-hybridized carbons (Fsp3) is 0.963. The summed E-state index contributed by atoms with van der Waals surface area (Å²) in [4.78, 5) is 30.4. The van der Waals surface area contributed by atoms with E-state index in [1.807, 2.05) is 0 Å². The molecule has 1 amide bonds. The Balaban J connectivity index is 4.11. The Morgan fingerprint density at radius 1 is 0.714 bits per heavy atom. The van der Waals surface area contributed by atoms with Gasteiger partial charge in [-0.1, -0.05) is 129 Å². The van der Waals surface area contributed by atoms with E-state index < -0.39 is 26.6 Å². The first-order valence-corrected chi connectivity index (χ1v) is 16.0. The van der Waals surface area contributed by atoms with Gasteiger partial charge >= 0.3 is 7.82 Å². The molecule has 0 aliphatic rings. The van der Waals surface area contributed by atoms with Crippen LogP contribution in [-0.2, 0) is 13.9 Å². The fourth-order valence-electron chi connectivity index (χ4n) is 4.34.